The molecular weight excluding hydrogens is 252 g/mol. The van der Waals surface area contributed by atoms with Crippen LogP contribution in [0, 0.1) is 0 Å². The van der Waals surface area contributed by atoms with Crippen molar-refractivity contribution in [2.45, 2.75) is 0 Å². The minimum atomic E-state index is -0.0655. The van der Waals surface area contributed by atoms with E-state index in [4.69, 9.17) is 10.5 Å². The quantitative estimate of drug-likeness (QED) is 0.907. The van der Waals surface area contributed by atoms with Crippen LogP contribution < -0.4 is 15.4 Å². The van der Waals surface area contributed by atoms with Gasteiger partial charge in [0.05, 0.1) is 7.11 Å². The van der Waals surface area contributed by atoms with Gasteiger partial charge in [0.2, 0.25) is 0 Å². The van der Waals surface area contributed by atoms with E-state index in [0.29, 0.717) is 18.7 Å². The zero-order chi connectivity index (χ0) is 14.4. The Kier molecular flexibility index (Phi) is 4.74. The second-order valence-corrected chi connectivity index (χ2v) is 4.31. The molecule has 0 radical (unpaired) electrons. The number of methoxy groups -OCH3 is 1. The fourth-order valence-electron chi connectivity index (χ4n) is 1.97. The standard InChI is InChI=1S/C16H18N2O2/c1-20-15-9-7-13(8-10-15)16(19)18(12-11-17)14-5-3-2-4-6-14/h2-10H,11-12,17H2,1H3. The van der Waals surface area contributed by atoms with E-state index in [1.165, 1.54) is 0 Å². The van der Waals surface area contributed by atoms with Gasteiger partial charge in [-0.3, -0.25) is 4.79 Å². The van der Waals surface area contributed by atoms with Gasteiger partial charge in [0, 0.05) is 24.3 Å². The summed E-state index contributed by atoms with van der Waals surface area (Å²) in [6, 6.07) is 16.6. The summed E-state index contributed by atoms with van der Waals surface area (Å²) in [7, 11) is 1.60. The average molecular weight is 270 g/mol. The highest BCUT2D eigenvalue weighted by atomic mass is 16.5. The Balaban J connectivity index is 2.26. The van der Waals surface area contributed by atoms with Crippen LogP contribution in [0.4, 0.5) is 5.69 Å². The molecule has 0 bridgehead atoms. The fourth-order valence-corrected chi connectivity index (χ4v) is 1.97. The van der Waals surface area contributed by atoms with Crippen molar-refractivity contribution in [3.63, 3.8) is 0 Å². The van der Waals surface area contributed by atoms with Gasteiger partial charge in [-0.1, -0.05) is 18.2 Å². The van der Waals surface area contributed by atoms with E-state index >= 15 is 0 Å². The lowest BCUT2D eigenvalue weighted by molar-refractivity contribution is 0.0987. The van der Waals surface area contributed by atoms with Crippen molar-refractivity contribution < 1.29 is 9.53 Å². The summed E-state index contributed by atoms with van der Waals surface area (Å²) in [6.45, 7) is 0.895. The first-order chi connectivity index (χ1) is 9.76. The number of carbonyl (C=O) groups is 1. The Morgan fingerprint density at radius 1 is 1.10 bits per heavy atom. The smallest absolute Gasteiger partial charge is 0.258 e. The highest BCUT2D eigenvalue weighted by Gasteiger charge is 2.16. The number of nitrogens with two attached hydrogens (primary N) is 1. The fraction of sp³-hybridized carbons (Fsp3) is 0.188. The highest BCUT2D eigenvalue weighted by Crippen LogP contribution is 2.18. The van der Waals surface area contributed by atoms with E-state index in [-0.39, 0.29) is 5.91 Å². The normalized spacial score (nSPS) is 10.1. The predicted molar refractivity (Wildman–Crippen MR) is 80.2 cm³/mol. The zero-order valence-corrected chi connectivity index (χ0v) is 11.5. The van der Waals surface area contributed by atoms with Gasteiger partial charge >= 0.3 is 0 Å². The number of amides is 1. The maximum absolute atomic E-state index is 12.6. The molecule has 2 rings (SSSR count). The lowest BCUT2D eigenvalue weighted by Gasteiger charge is -2.22. The van der Waals surface area contributed by atoms with E-state index in [1.54, 1.807) is 36.3 Å². The number of hydrogen-bond donors (Lipinski definition) is 1. The molecule has 0 aliphatic rings. The predicted octanol–water partition coefficient (Wildman–Crippen LogP) is 2.30. The van der Waals surface area contributed by atoms with Gasteiger partial charge in [0.15, 0.2) is 0 Å². The topological polar surface area (TPSA) is 55.6 Å². The molecule has 0 spiro atoms. The lowest BCUT2D eigenvalue weighted by Crippen LogP contribution is -2.35. The molecule has 0 aliphatic heterocycles. The molecule has 1 amide bonds. The van der Waals surface area contributed by atoms with Gasteiger partial charge in [-0.15, -0.1) is 0 Å². The van der Waals surface area contributed by atoms with E-state index < -0.39 is 0 Å². The third-order valence-electron chi connectivity index (χ3n) is 3.00. The molecule has 0 unspecified atom stereocenters. The van der Waals surface area contributed by atoms with Crippen LogP contribution in [-0.4, -0.2) is 26.1 Å². The average Bonchev–Trinajstić information content (AvgIpc) is 2.53. The third-order valence-corrected chi connectivity index (χ3v) is 3.00. The van der Waals surface area contributed by atoms with Crippen LogP contribution in [0.15, 0.2) is 54.6 Å². The third kappa shape index (κ3) is 3.16. The molecule has 0 heterocycles. The van der Waals surface area contributed by atoms with Crippen molar-refractivity contribution >= 4 is 11.6 Å². The van der Waals surface area contributed by atoms with Gasteiger partial charge < -0.3 is 15.4 Å². The number of ether oxygens (including phenoxy) is 1. The van der Waals surface area contributed by atoms with Gasteiger partial charge in [-0.05, 0) is 36.4 Å². The number of hydrogen-bond acceptors (Lipinski definition) is 3. The van der Waals surface area contributed by atoms with Crippen LogP contribution in [-0.2, 0) is 0 Å². The van der Waals surface area contributed by atoms with Crippen LogP contribution in [0.25, 0.3) is 0 Å². The van der Waals surface area contributed by atoms with E-state index in [2.05, 4.69) is 0 Å². The van der Waals surface area contributed by atoms with Gasteiger partial charge in [0.25, 0.3) is 5.91 Å². The molecule has 4 heteroatoms. The van der Waals surface area contributed by atoms with Gasteiger partial charge in [0.1, 0.15) is 5.75 Å². The molecule has 0 atom stereocenters. The number of carbonyl (C=O) groups excluding carboxylic acids is 1. The van der Waals surface area contributed by atoms with Crippen molar-refractivity contribution in [1.82, 2.24) is 0 Å². The SMILES string of the molecule is COc1ccc(C(=O)N(CCN)c2ccccc2)cc1. The summed E-state index contributed by atoms with van der Waals surface area (Å²) < 4.78 is 5.10. The van der Waals surface area contributed by atoms with Crippen molar-refractivity contribution in [3.05, 3.63) is 60.2 Å². The molecular formula is C16H18N2O2. The number of para-hydroxylation sites is 1. The minimum Gasteiger partial charge on any atom is -0.497 e. The van der Waals surface area contributed by atoms with E-state index in [0.717, 1.165) is 11.4 Å². The Hall–Kier alpha value is -2.33. The molecule has 0 saturated heterocycles. The molecule has 2 N–H and O–H groups in total. The second-order valence-electron chi connectivity index (χ2n) is 4.31. The van der Waals surface area contributed by atoms with E-state index in [9.17, 15) is 4.79 Å². The minimum absolute atomic E-state index is 0.0655. The molecule has 2 aromatic rings. The molecule has 4 nitrogen and oxygen atoms in total. The van der Waals surface area contributed by atoms with Crippen LogP contribution in [0.1, 0.15) is 10.4 Å². The monoisotopic (exact) mass is 270 g/mol. The maximum Gasteiger partial charge on any atom is 0.258 e. The molecule has 0 saturated carbocycles. The number of rotatable bonds is 5. The van der Waals surface area contributed by atoms with Crippen molar-refractivity contribution in [3.8, 4) is 5.75 Å². The summed E-state index contributed by atoms with van der Waals surface area (Å²) in [5, 5.41) is 0. The second kappa shape index (κ2) is 6.73. The molecule has 2 aromatic carbocycles. The Labute approximate surface area is 118 Å². The first-order valence-corrected chi connectivity index (χ1v) is 6.47. The van der Waals surface area contributed by atoms with Crippen LogP contribution in [0.3, 0.4) is 0 Å². The molecule has 20 heavy (non-hydrogen) atoms. The molecule has 104 valence electrons. The van der Waals surface area contributed by atoms with E-state index in [1.807, 2.05) is 30.3 Å². The Morgan fingerprint density at radius 3 is 2.30 bits per heavy atom. The van der Waals surface area contributed by atoms with Gasteiger partial charge in [-0.25, -0.2) is 0 Å². The molecule has 0 aliphatic carbocycles. The van der Waals surface area contributed by atoms with Gasteiger partial charge in [-0.2, -0.15) is 0 Å². The summed E-state index contributed by atoms with van der Waals surface area (Å²) in [4.78, 5) is 14.2. The highest BCUT2D eigenvalue weighted by molar-refractivity contribution is 6.06. The Bertz CT molecular complexity index is 552. The number of anilines is 1. The largest absolute Gasteiger partial charge is 0.497 e. The molecule has 0 aromatic heterocycles. The van der Waals surface area contributed by atoms with Crippen molar-refractivity contribution in [2.24, 2.45) is 5.73 Å². The summed E-state index contributed by atoms with van der Waals surface area (Å²) in [5.41, 5.74) is 7.07. The maximum atomic E-state index is 12.6. The number of nitrogens with zero attached hydrogens (tertiary/aromatic N) is 1. The summed E-state index contributed by atoms with van der Waals surface area (Å²) >= 11 is 0. The van der Waals surface area contributed by atoms with Crippen molar-refractivity contribution in [1.29, 1.82) is 0 Å². The zero-order valence-electron chi connectivity index (χ0n) is 11.5. The van der Waals surface area contributed by atoms with Crippen molar-refractivity contribution in [2.75, 3.05) is 25.1 Å². The first kappa shape index (κ1) is 14.1. The molecule has 0 fully saturated rings. The lowest BCUT2D eigenvalue weighted by atomic mass is 10.1. The van der Waals surface area contributed by atoms with Crippen LogP contribution in [0.2, 0.25) is 0 Å². The first-order valence-electron chi connectivity index (χ1n) is 6.47. The summed E-state index contributed by atoms with van der Waals surface area (Å²) in [6.07, 6.45) is 0. The Morgan fingerprint density at radius 2 is 1.75 bits per heavy atom. The number of benzene rings is 2. The van der Waals surface area contributed by atoms with Crippen LogP contribution >= 0.6 is 0 Å². The van der Waals surface area contributed by atoms with Crippen LogP contribution in [0.5, 0.6) is 5.75 Å². The summed E-state index contributed by atoms with van der Waals surface area (Å²) in [5.74, 6) is 0.663.